The molecule has 4 nitrogen and oxygen atoms in total. The van der Waals surface area contributed by atoms with E-state index >= 15 is 0 Å². The first kappa shape index (κ1) is 15.4. The molecule has 0 aromatic rings. The summed E-state index contributed by atoms with van der Waals surface area (Å²) in [5.41, 5.74) is 5.26. The Morgan fingerprint density at radius 3 is 1.94 bits per heavy atom. The lowest BCUT2D eigenvalue weighted by Gasteiger charge is -2.05. The van der Waals surface area contributed by atoms with E-state index in [1.807, 2.05) is 0 Å². The zero-order valence-electron chi connectivity index (χ0n) is 9.95. The topological polar surface area (TPSA) is 53.7 Å². The van der Waals surface area contributed by atoms with Crippen LogP contribution >= 0.6 is 0 Å². The Bertz CT molecular complexity index is 168. The molecule has 0 aliphatic carbocycles. The Morgan fingerprint density at radius 2 is 1.38 bits per heavy atom. The van der Waals surface area contributed by atoms with Crippen molar-refractivity contribution in [3.05, 3.63) is 0 Å². The molecule has 0 heterocycles. The first-order valence-corrected chi connectivity index (χ1v) is 5.78. The number of ether oxygens (including phenoxy) is 3. The second-order valence-electron chi connectivity index (χ2n) is 3.29. The van der Waals surface area contributed by atoms with E-state index in [0.717, 1.165) is 25.9 Å². The van der Waals surface area contributed by atoms with Gasteiger partial charge in [-0.3, -0.25) is 0 Å². The second-order valence-corrected chi connectivity index (χ2v) is 3.29. The third-order valence-corrected chi connectivity index (χ3v) is 1.87. The summed E-state index contributed by atoms with van der Waals surface area (Å²) in [5, 5.41) is 0. The number of terminal acetylenes is 1. The fourth-order valence-electron chi connectivity index (χ4n) is 1.06. The minimum Gasteiger partial charge on any atom is -0.379 e. The lowest BCUT2D eigenvalue weighted by molar-refractivity contribution is 0.0154. The highest BCUT2D eigenvalue weighted by atomic mass is 16.5. The quantitative estimate of drug-likeness (QED) is 0.397. The van der Waals surface area contributed by atoms with Crippen LogP contribution in [0.25, 0.3) is 0 Å². The van der Waals surface area contributed by atoms with E-state index in [0.29, 0.717) is 39.6 Å². The summed E-state index contributed by atoms with van der Waals surface area (Å²) in [6.45, 7) is 4.35. The largest absolute Gasteiger partial charge is 0.379 e. The number of nitrogens with two attached hydrogens (primary N) is 1. The highest BCUT2D eigenvalue weighted by molar-refractivity contribution is 4.82. The molecule has 0 spiro atoms. The molecule has 4 heteroatoms. The Morgan fingerprint density at radius 1 is 0.812 bits per heavy atom. The Balaban J connectivity index is 2.86. The molecular weight excluding hydrogens is 206 g/mol. The molecule has 0 amide bonds. The normalized spacial score (nSPS) is 10.2. The molecule has 0 aliphatic rings. The first-order valence-electron chi connectivity index (χ1n) is 5.78. The van der Waals surface area contributed by atoms with E-state index in [-0.39, 0.29) is 0 Å². The van der Waals surface area contributed by atoms with Crippen LogP contribution in [0.5, 0.6) is 0 Å². The number of hydrogen-bond donors (Lipinski definition) is 1. The lowest BCUT2D eigenvalue weighted by Crippen LogP contribution is -2.13. The SMILES string of the molecule is C#CCCCCOCCOCCOCCN. The van der Waals surface area contributed by atoms with Gasteiger partial charge >= 0.3 is 0 Å². The monoisotopic (exact) mass is 229 g/mol. The fraction of sp³-hybridized carbons (Fsp3) is 0.833. The van der Waals surface area contributed by atoms with E-state index in [9.17, 15) is 0 Å². The van der Waals surface area contributed by atoms with Gasteiger partial charge in [0.2, 0.25) is 0 Å². The van der Waals surface area contributed by atoms with Crippen molar-refractivity contribution in [3.8, 4) is 12.3 Å². The maximum absolute atomic E-state index is 5.35. The summed E-state index contributed by atoms with van der Waals surface area (Å²) in [6, 6.07) is 0. The highest BCUT2D eigenvalue weighted by Gasteiger charge is 1.91. The summed E-state index contributed by atoms with van der Waals surface area (Å²) in [7, 11) is 0. The molecule has 0 aliphatic heterocycles. The molecule has 0 rings (SSSR count). The number of unbranched alkanes of at least 4 members (excludes halogenated alkanes) is 2. The van der Waals surface area contributed by atoms with Gasteiger partial charge in [0.15, 0.2) is 0 Å². The van der Waals surface area contributed by atoms with Crippen molar-refractivity contribution >= 4 is 0 Å². The summed E-state index contributed by atoms with van der Waals surface area (Å²) < 4.78 is 15.8. The highest BCUT2D eigenvalue weighted by Crippen LogP contribution is 1.93. The molecule has 0 radical (unpaired) electrons. The zero-order chi connectivity index (χ0) is 11.9. The van der Waals surface area contributed by atoms with Gasteiger partial charge in [0.1, 0.15) is 0 Å². The van der Waals surface area contributed by atoms with Crippen molar-refractivity contribution in [3.63, 3.8) is 0 Å². The summed E-state index contributed by atoms with van der Waals surface area (Å²) in [5.74, 6) is 2.60. The van der Waals surface area contributed by atoms with Crippen molar-refractivity contribution in [2.75, 3.05) is 46.2 Å². The Kier molecular flexibility index (Phi) is 13.9. The van der Waals surface area contributed by atoms with Gasteiger partial charge in [-0.2, -0.15) is 0 Å². The molecule has 2 N–H and O–H groups in total. The van der Waals surface area contributed by atoms with Gasteiger partial charge in [0.05, 0.1) is 33.0 Å². The van der Waals surface area contributed by atoms with Crippen LogP contribution in [0.1, 0.15) is 19.3 Å². The Hall–Kier alpha value is -0.600. The van der Waals surface area contributed by atoms with E-state index in [2.05, 4.69) is 5.92 Å². The second kappa shape index (κ2) is 14.4. The molecule has 0 aromatic carbocycles. The third kappa shape index (κ3) is 13.4. The van der Waals surface area contributed by atoms with Gasteiger partial charge in [-0.1, -0.05) is 0 Å². The predicted molar refractivity (Wildman–Crippen MR) is 64.2 cm³/mol. The van der Waals surface area contributed by atoms with Crippen LogP contribution < -0.4 is 5.73 Å². The average Bonchev–Trinajstić information content (AvgIpc) is 2.31. The van der Waals surface area contributed by atoms with E-state index in [1.54, 1.807) is 0 Å². The zero-order valence-corrected chi connectivity index (χ0v) is 9.95. The van der Waals surface area contributed by atoms with Gasteiger partial charge in [-0.15, -0.1) is 12.3 Å². The molecule has 16 heavy (non-hydrogen) atoms. The van der Waals surface area contributed by atoms with Gasteiger partial charge in [-0.25, -0.2) is 0 Å². The molecular formula is C12H23NO3. The minimum atomic E-state index is 0.556. The van der Waals surface area contributed by atoms with Gasteiger partial charge in [0, 0.05) is 19.6 Å². The van der Waals surface area contributed by atoms with Gasteiger partial charge in [-0.05, 0) is 12.8 Å². The van der Waals surface area contributed by atoms with Crippen LogP contribution in [0, 0.1) is 12.3 Å². The van der Waals surface area contributed by atoms with Crippen LogP contribution in [0.15, 0.2) is 0 Å². The summed E-state index contributed by atoms with van der Waals surface area (Å²) in [4.78, 5) is 0. The predicted octanol–water partition coefficient (Wildman–Crippen LogP) is 0.798. The molecule has 94 valence electrons. The van der Waals surface area contributed by atoms with Gasteiger partial charge in [0.25, 0.3) is 0 Å². The van der Waals surface area contributed by atoms with E-state index in [1.165, 1.54) is 0 Å². The molecule has 0 saturated carbocycles. The van der Waals surface area contributed by atoms with Gasteiger partial charge < -0.3 is 19.9 Å². The van der Waals surface area contributed by atoms with Crippen LogP contribution in [-0.2, 0) is 14.2 Å². The van der Waals surface area contributed by atoms with E-state index < -0.39 is 0 Å². The molecule has 0 bridgehead atoms. The summed E-state index contributed by atoms with van der Waals surface area (Å²) >= 11 is 0. The lowest BCUT2D eigenvalue weighted by atomic mass is 10.2. The molecule has 0 fully saturated rings. The van der Waals surface area contributed by atoms with Crippen LogP contribution in [0.2, 0.25) is 0 Å². The number of rotatable bonds is 12. The van der Waals surface area contributed by atoms with Crippen molar-refractivity contribution in [1.29, 1.82) is 0 Å². The average molecular weight is 229 g/mol. The van der Waals surface area contributed by atoms with Crippen molar-refractivity contribution in [1.82, 2.24) is 0 Å². The fourth-order valence-corrected chi connectivity index (χ4v) is 1.06. The van der Waals surface area contributed by atoms with Crippen molar-refractivity contribution in [2.45, 2.75) is 19.3 Å². The van der Waals surface area contributed by atoms with Crippen molar-refractivity contribution in [2.24, 2.45) is 5.73 Å². The summed E-state index contributed by atoms with van der Waals surface area (Å²) in [6.07, 6.45) is 8.01. The maximum Gasteiger partial charge on any atom is 0.0701 e. The van der Waals surface area contributed by atoms with Crippen molar-refractivity contribution < 1.29 is 14.2 Å². The van der Waals surface area contributed by atoms with E-state index in [4.69, 9.17) is 26.4 Å². The first-order chi connectivity index (χ1) is 7.91. The molecule has 0 saturated heterocycles. The number of hydrogen-bond acceptors (Lipinski definition) is 4. The molecule has 0 unspecified atom stereocenters. The standard InChI is InChI=1S/C12H23NO3/c1-2-3-4-5-7-14-9-11-16-12-10-15-8-6-13/h1H,3-13H2. The molecule has 0 aromatic heterocycles. The minimum absolute atomic E-state index is 0.556. The smallest absolute Gasteiger partial charge is 0.0701 e. The Labute approximate surface area is 98.4 Å². The van der Waals surface area contributed by atoms with Crippen LogP contribution in [-0.4, -0.2) is 46.2 Å². The van der Waals surface area contributed by atoms with Crippen LogP contribution in [0.4, 0.5) is 0 Å². The molecule has 0 atom stereocenters. The maximum atomic E-state index is 5.35. The van der Waals surface area contributed by atoms with Crippen LogP contribution in [0.3, 0.4) is 0 Å². The third-order valence-electron chi connectivity index (χ3n) is 1.87.